The maximum absolute atomic E-state index is 6.86. The molecule has 1 spiro atoms. The second-order valence-electron chi connectivity index (χ2n) is 20.4. The number of hydrogen-bond acceptors (Lipinski definition) is 2. The van der Waals surface area contributed by atoms with Crippen LogP contribution in [0.15, 0.2) is 229 Å². The minimum Gasteiger partial charge on any atom is -0.454 e. The molecule has 0 fully saturated rings. The van der Waals surface area contributed by atoms with E-state index in [0.29, 0.717) is 11.8 Å². The first-order valence-corrected chi connectivity index (χ1v) is 25.2. The Kier molecular flexibility index (Phi) is 9.23. The molecule has 1 aromatic heterocycles. The number of para-hydroxylation sites is 2. The van der Waals surface area contributed by atoms with Gasteiger partial charge in [0, 0.05) is 22.1 Å². The Bertz CT molecular complexity index is 4070. The van der Waals surface area contributed by atoms with Crippen molar-refractivity contribution in [3.8, 4) is 44.5 Å². The minimum atomic E-state index is -0.504. The van der Waals surface area contributed by atoms with Crippen LogP contribution in [0.4, 0.5) is 17.1 Å². The number of furan rings is 1. The third-order valence-corrected chi connectivity index (χ3v) is 15.8. The normalized spacial score (nSPS) is 13.2. The average molecular weight is 910 g/mol. The van der Waals surface area contributed by atoms with Crippen LogP contribution in [-0.2, 0) is 5.41 Å². The molecule has 0 amide bonds. The summed E-state index contributed by atoms with van der Waals surface area (Å²) < 4.78 is 6.86. The van der Waals surface area contributed by atoms with Crippen molar-refractivity contribution in [3.05, 3.63) is 258 Å². The molecule has 338 valence electrons. The predicted molar refractivity (Wildman–Crippen MR) is 299 cm³/mol. The summed E-state index contributed by atoms with van der Waals surface area (Å²) in [5.41, 5.74) is 22.6. The summed E-state index contributed by atoms with van der Waals surface area (Å²) in [7, 11) is 0. The largest absolute Gasteiger partial charge is 0.454 e. The summed E-state index contributed by atoms with van der Waals surface area (Å²) in [5, 5.41) is 7.18. The van der Waals surface area contributed by atoms with E-state index in [4.69, 9.17) is 4.42 Å². The highest BCUT2D eigenvalue weighted by molar-refractivity contribution is 6.10. The van der Waals surface area contributed by atoms with Crippen molar-refractivity contribution in [1.82, 2.24) is 0 Å². The SMILES string of the molecule is CC(C)c1ccc2c(c1)C1(c3ccccc3-c3ccc(N(c4ccc(-c5ccc6cc(-c7ccc8ccccc8c7)ccc6c5)cc4)c4cccc5c4oc4ccccc45)cc31)c1cc(C(C)C)ccc1-2. The molecule has 0 radical (unpaired) electrons. The van der Waals surface area contributed by atoms with Crippen molar-refractivity contribution >= 4 is 60.5 Å². The highest BCUT2D eigenvalue weighted by Gasteiger charge is 2.52. The molecule has 0 unspecified atom stereocenters. The van der Waals surface area contributed by atoms with Gasteiger partial charge in [0.05, 0.1) is 11.1 Å². The van der Waals surface area contributed by atoms with E-state index in [-0.39, 0.29) is 0 Å². The summed E-state index contributed by atoms with van der Waals surface area (Å²) in [6.45, 7) is 9.25. The van der Waals surface area contributed by atoms with E-state index in [1.165, 1.54) is 99.4 Å². The van der Waals surface area contributed by atoms with Gasteiger partial charge in [0.2, 0.25) is 0 Å². The molecule has 14 rings (SSSR count). The van der Waals surface area contributed by atoms with Crippen LogP contribution in [0.5, 0.6) is 0 Å². The maximum atomic E-state index is 6.86. The fourth-order valence-electron chi connectivity index (χ4n) is 12.2. The van der Waals surface area contributed by atoms with Gasteiger partial charge in [-0.05, 0) is 166 Å². The molecule has 0 aliphatic heterocycles. The van der Waals surface area contributed by atoms with Gasteiger partial charge < -0.3 is 9.32 Å². The van der Waals surface area contributed by atoms with E-state index in [2.05, 4.69) is 257 Å². The average Bonchev–Trinajstić information content (AvgIpc) is 4.06. The predicted octanol–water partition coefficient (Wildman–Crippen LogP) is 19.3. The molecule has 11 aromatic carbocycles. The van der Waals surface area contributed by atoms with Gasteiger partial charge in [-0.2, -0.15) is 0 Å². The Morgan fingerprint density at radius 2 is 0.845 bits per heavy atom. The molecule has 2 heteroatoms. The van der Waals surface area contributed by atoms with Gasteiger partial charge in [-0.25, -0.2) is 0 Å². The third kappa shape index (κ3) is 6.27. The zero-order valence-corrected chi connectivity index (χ0v) is 40.4. The third-order valence-electron chi connectivity index (χ3n) is 15.8. The van der Waals surface area contributed by atoms with Crippen LogP contribution in [-0.4, -0.2) is 0 Å². The molecule has 2 nitrogen and oxygen atoms in total. The molecule has 0 atom stereocenters. The van der Waals surface area contributed by atoms with Crippen LogP contribution in [0.25, 0.3) is 88.0 Å². The van der Waals surface area contributed by atoms with Crippen LogP contribution in [0, 0.1) is 0 Å². The Balaban J connectivity index is 0.936. The Morgan fingerprint density at radius 3 is 1.52 bits per heavy atom. The van der Waals surface area contributed by atoms with Crippen molar-refractivity contribution in [2.24, 2.45) is 0 Å². The van der Waals surface area contributed by atoms with Gasteiger partial charge >= 0.3 is 0 Å². The topological polar surface area (TPSA) is 16.4 Å². The molecule has 1 heterocycles. The lowest BCUT2D eigenvalue weighted by atomic mass is 9.69. The number of fused-ring (bicyclic) bond motifs is 15. The molecule has 12 aromatic rings. The molecule has 0 saturated heterocycles. The van der Waals surface area contributed by atoms with E-state index in [9.17, 15) is 0 Å². The number of nitrogens with zero attached hydrogens (tertiary/aromatic N) is 1. The zero-order chi connectivity index (χ0) is 47.5. The van der Waals surface area contributed by atoms with Crippen LogP contribution in [0.3, 0.4) is 0 Å². The summed E-state index contributed by atoms with van der Waals surface area (Å²) in [5.74, 6) is 0.780. The van der Waals surface area contributed by atoms with Crippen LogP contribution in [0.2, 0.25) is 0 Å². The second kappa shape index (κ2) is 15.8. The first kappa shape index (κ1) is 41.5. The molecule has 2 aliphatic carbocycles. The second-order valence-corrected chi connectivity index (χ2v) is 20.4. The summed E-state index contributed by atoms with van der Waals surface area (Å²) in [6.07, 6.45) is 0. The van der Waals surface area contributed by atoms with E-state index >= 15 is 0 Å². The van der Waals surface area contributed by atoms with Gasteiger partial charge in [-0.3, -0.25) is 0 Å². The molecular weight excluding hydrogens is 859 g/mol. The number of benzene rings is 11. The van der Waals surface area contributed by atoms with Crippen molar-refractivity contribution in [1.29, 1.82) is 0 Å². The van der Waals surface area contributed by atoms with Gasteiger partial charge in [-0.15, -0.1) is 0 Å². The fraction of sp³-hybridized carbons (Fsp3) is 0.101. The maximum Gasteiger partial charge on any atom is 0.159 e. The number of anilines is 3. The van der Waals surface area contributed by atoms with Gasteiger partial charge in [-0.1, -0.05) is 198 Å². The van der Waals surface area contributed by atoms with Crippen LogP contribution < -0.4 is 4.90 Å². The highest BCUT2D eigenvalue weighted by Crippen LogP contribution is 2.64. The molecule has 71 heavy (non-hydrogen) atoms. The standard InChI is InChI=1S/C69H51NO/c1-42(2)46-28-33-57-58-34-29-47(43(3)4)40-64(58)69(63(57)39-46)62-17-9-7-14-56(62)59-35-32-55(41-65(59)69)70(66-18-11-16-61-60-15-8-10-19-67(60)71-68(61)66)54-30-26-45(27-31-54)49-22-23-52-38-53(25-24-51(52)37-49)50-21-20-44-12-5-6-13-48(44)36-50/h5-43H,1-4H3. The van der Waals surface area contributed by atoms with E-state index in [1.54, 1.807) is 0 Å². The van der Waals surface area contributed by atoms with Crippen LogP contribution >= 0.6 is 0 Å². The Morgan fingerprint density at radius 1 is 0.352 bits per heavy atom. The molecule has 0 N–H and O–H groups in total. The van der Waals surface area contributed by atoms with Crippen molar-refractivity contribution < 1.29 is 4.42 Å². The molecular formula is C69H51NO. The minimum absolute atomic E-state index is 0.390. The first-order chi connectivity index (χ1) is 34.8. The number of hydrogen-bond donors (Lipinski definition) is 0. The lowest BCUT2D eigenvalue weighted by Gasteiger charge is -2.33. The monoisotopic (exact) mass is 909 g/mol. The zero-order valence-electron chi connectivity index (χ0n) is 40.4. The smallest absolute Gasteiger partial charge is 0.159 e. The molecule has 2 aliphatic rings. The first-order valence-electron chi connectivity index (χ1n) is 25.2. The van der Waals surface area contributed by atoms with Crippen molar-refractivity contribution in [2.45, 2.75) is 44.9 Å². The van der Waals surface area contributed by atoms with E-state index < -0.39 is 5.41 Å². The quantitative estimate of drug-likeness (QED) is 0.158. The Labute approximate surface area is 415 Å². The van der Waals surface area contributed by atoms with Crippen LogP contribution in [0.1, 0.15) is 72.9 Å². The Hall–Kier alpha value is -8.46. The molecule has 0 bridgehead atoms. The van der Waals surface area contributed by atoms with Gasteiger partial charge in [0.15, 0.2) is 5.58 Å². The van der Waals surface area contributed by atoms with Gasteiger partial charge in [0.1, 0.15) is 5.58 Å². The number of rotatable bonds is 7. The summed E-state index contributed by atoms with van der Waals surface area (Å²) in [6, 6.07) is 84.0. The lowest BCUT2D eigenvalue weighted by Crippen LogP contribution is -2.26. The molecule has 0 saturated carbocycles. The fourth-order valence-corrected chi connectivity index (χ4v) is 12.2. The van der Waals surface area contributed by atoms with Crippen molar-refractivity contribution in [3.63, 3.8) is 0 Å². The van der Waals surface area contributed by atoms with Gasteiger partial charge in [0.25, 0.3) is 0 Å². The lowest BCUT2D eigenvalue weighted by molar-refractivity contribution is 0.669. The summed E-state index contributed by atoms with van der Waals surface area (Å²) in [4.78, 5) is 2.42. The highest BCUT2D eigenvalue weighted by atomic mass is 16.3. The summed E-state index contributed by atoms with van der Waals surface area (Å²) >= 11 is 0. The van der Waals surface area contributed by atoms with Crippen molar-refractivity contribution in [2.75, 3.05) is 4.90 Å². The van der Waals surface area contributed by atoms with E-state index in [1.807, 2.05) is 0 Å². The van der Waals surface area contributed by atoms with E-state index in [0.717, 1.165) is 39.0 Å².